The Hall–Kier alpha value is -4.60. The number of rotatable bonds is 8. The lowest BCUT2D eigenvalue weighted by atomic mass is 9.75. The molecule has 0 spiro atoms. The van der Waals surface area contributed by atoms with Gasteiger partial charge in [-0.3, -0.25) is 19.7 Å². The zero-order chi connectivity index (χ0) is 27.7. The number of fused-ring (bicyclic) bond motifs is 4. The minimum atomic E-state index is -0.797. The van der Waals surface area contributed by atoms with E-state index in [1.165, 1.54) is 25.3 Å². The van der Waals surface area contributed by atoms with Gasteiger partial charge in [-0.15, -0.1) is 0 Å². The fraction of sp³-hybridized carbons (Fsp3) is 0.310. The highest BCUT2D eigenvalue weighted by molar-refractivity contribution is 6.05. The van der Waals surface area contributed by atoms with Gasteiger partial charge < -0.3 is 24.4 Å². The molecule has 2 amide bonds. The summed E-state index contributed by atoms with van der Waals surface area (Å²) >= 11 is 0. The summed E-state index contributed by atoms with van der Waals surface area (Å²) in [4.78, 5) is 40.3. The Morgan fingerprint density at radius 1 is 1.03 bits per heavy atom. The molecule has 2 atom stereocenters. The number of ether oxygens (including phenoxy) is 3. The Morgan fingerprint density at radius 3 is 2.44 bits per heavy atom. The average Bonchev–Trinajstić information content (AvgIpc) is 2.93. The second kappa shape index (κ2) is 10.6. The van der Waals surface area contributed by atoms with Crippen LogP contribution in [0.15, 0.2) is 54.6 Å². The van der Waals surface area contributed by atoms with Crippen molar-refractivity contribution in [3.05, 3.63) is 87.0 Å². The highest BCUT2D eigenvalue weighted by atomic mass is 16.6. The van der Waals surface area contributed by atoms with E-state index in [0.29, 0.717) is 48.8 Å². The largest absolute Gasteiger partial charge is 0.495 e. The van der Waals surface area contributed by atoms with Gasteiger partial charge in [0.15, 0.2) is 11.5 Å². The van der Waals surface area contributed by atoms with Gasteiger partial charge in [0.05, 0.1) is 42.9 Å². The van der Waals surface area contributed by atoms with E-state index < -0.39 is 22.8 Å². The summed E-state index contributed by atoms with van der Waals surface area (Å²) < 4.78 is 17.1. The predicted octanol–water partition coefficient (Wildman–Crippen LogP) is 4.88. The van der Waals surface area contributed by atoms with Crippen LogP contribution in [0.2, 0.25) is 0 Å². The zero-order valence-corrected chi connectivity index (χ0v) is 21.9. The summed E-state index contributed by atoms with van der Waals surface area (Å²) in [6.07, 6.45) is 0.596. The second-order valence-corrected chi connectivity index (χ2v) is 9.25. The first-order valence-electron chi connectivity index (χ1n) is 12.8. The van der Waals surface area contributed by atoms with E-state index >= 15 is 0 Å². The molecule has 1 N–H and O–H groups in total. The highest BCUT2D eigenvalue weighted by Crippen LogP contribution is 2.49. The lowest BCUT2D eigenvalue weighted by Crippen LogP contribution is -2.49. The van der Waals surface area contributed by atoms with Crippen molar-refractivity contribution in [2.24, 2.45) is 0 Å². The van der Waals surface area contributed by atoms with E-state index in [1.54, 1.807) is 29.2 Å². The van der Waals surface area contributed by atoms with Crippen molar-refractivity contribution in [1.82, 2.24) is 4.90 Å². The first-order valence-corrected chi connectivity index (χ1v) is 12.8. The van der Waals surface area contributed by atoms with Gasteiger partial charge in [-0.25, -0.2) is 0 Å². The molecule has 3 aromatic carbocycles. The molecule has 2 aliphatic rings. The first kappa shape index (κ1) is 26.0. The third-order valence-electron chi connectivity index (χ3n) is 7.12. The van der Waals surface area contributed by atoms with E-state index in [0.717, 1.165) is 11.1 Å². The van der Waals surface area contributed by atoms with E-state index in [4.69, 9.17) is 14.2 Å². The van der Waals surface area contributed by atoms with Crippen LogP contribution in [0.5, 0.6) is 17.2 Å². The molecule has 0 aromatic heterocycles. The molecule has 39 heavy (non-hydrogen) atoms. The van der Waals surface area contributed by atoms with Gasteiger partial charge in [-0.05, 0) is 61.2 Å². The summed E-state index contributed by atoms with van der Waals surface area (Å²) in [6.45, 7) is 5.09. The Labute approximate surface area is 225 Å². The number of nitro benzene ring substituents is 1. The van der Waals surface area contributed by atoms with Crippen LogP contribution in [0, 0.1) is 10.1 Å². The van der Waals surface area contributed by atoms with Crippen LogP contribution in [-0.4, -0.2) is 48.5 Å². The Bertz CT molecular complexity index is 1450. The van der Waals surface area contributed by atoms with Crippen LogP contribution >= 0.6 is 0 Å². The van der Waals surface area contributed by atoms with Crippen LogP contribution < -0.4 is 19.5 Å². The molecule has 0 saturated heterocycles. The lowest BCUT2D eigenvalue weighted by Gasteiger charge is -2.45. The third kappa shape index (κ3) is 4.62. The monoisotopic (exact) mass is 531 g/mol. The van der Waals surface area contributed by atoms with Gasteiger partial charge in [0.1, 0.15) is 5.75 Å². The van der Waals surface area contributed by atoms with Crippen molar-refractivity contribution in [1.29, 1.82) is 0 Å². The smallest absolute Gasteiger partial charge is 0.271 e. The maximum absolute atomic E-state index is 14.1. The molecule has 0 fully saturated rings. The third-order valence-corrected chi connectivity index (χ3v) is 7.12. The summed E-state index contributed by atoms with van der Waals surface area (Å²) in [6, 6.07) is 14.3. The Balaban J connectivity index is 1.64. The van der Waals surface area contributed by atoms with Gasteiger partial charge in [0.2, 0.25) is 5.91 Å². The highest BCUT2D eigenvalue weighted by Gasteiger charge is 2.47. The van der Waals surface area contributed by atoms with Crippen molar-refractivity contribution in [2.45, 2.75) is 32.2 Å². The number of hydrogen-bond donors (Lipinski definition) is 1. The summed E-state index contributed by atoms with van der Waals surface area (Å²) in [5.41, 5.74) is 2.82. The number of methoxy groups -OCH3 is 1. The second-order valence-electron chi connectivity index (χ2n) is 9.25. The molecule has 0 unspecified atom stereocenters. The molecule has 0 saturated carbocycles. The number of amides is 2. The number of carbonyl (C=O) groups excluding carboxylic acids is 2. The summed E-state index contributed by atoms with van der Waals surface area (Å²) in [7, 11) is 1.43. The normalized spacial score (nSPS) is 17.4. The Kier molecular flexibility index (Phi) is 7.10. The maximum atomic E-state index is 14.1. The van der Waals surface area contributed by atoms with Gasteiger partial charge in [-0.1, -0.05) is 18.2 Å². The molecule has 202 valence electrons. The summed E-state index contributed by atoms with van der Waals surface area (Å²) in [5.74, 6) is 0.0973. The fourth-order valence-corrected chi connectivity index (χ4v) is 5.47. The molecular formula is C29H29N3O7. The van der Waals surface area contributed by atoms with Crippen molar-refractivity contribution < 1.29 is 28.7 Å². The average molecular weight is 532 g/mol. The molecule has 2 aliphatic heterocycles. The van der Waals surface area contributed by atoms with Gasteiger partial charge in [0, 0.05) is 24.2 Å². The minimum absolute atomic E-state index is 0.148. The van der Waals surface area contributed by atoms with E-state index in [9.17, 15) is 19.7 Å². The number of hydrogen-bond acceptors (Lipinski definition) is 7. The van der Waals surface area contributed by atoms with Crippen LogP contribution in [-0.2, 0) is 11.2 Å². The molecule has 0 aliphatic carbocycles. The molecule has 5 rings (SSSR count). The SMILES string of the molecule is CCOc1cc2c(cc1OCC)[C@@H]1[C@H](C(=O)Nc3cc([N+](=O)[O-])ccc3OC)c3ccccc3C(=O)N1CC2. The van der Waals surface area contributed by atoms with Crippen LogP contribution in [0.4, 0.5) is 11.4 Å². The van der Waals surface area contributed by atoms with Gasteiger partial charge >= 0.3 is 0 Å². The number of nitrogens with one attached hydrogen (secondary N) is 1. The number of carbonyl (C=O) groups is 2. The van der Waals surface area contributed by atoms with E-state index in [1.807, 2.05) is 26.0 Å². The predicted molar refractivity (Wildman–Crippen MR) is 144 cm³/mol. The maximum Gasteiger partial charge on any atom is 0.271 e. The zero-order valence-electron chi connectivity index (χ0n) is 21.9. The number of nitrogens with zero attached hydrogens (tertiary/aromatic N) is 2. The van der Waals surface area contributed by atoms with E-state index in [2.05, 4.69) is 5.32 Å². The van der Waals surface area contributed by atoms with Crippen LogP contribution in [0.3, 0.4) is 0 Å². The van der Waals surface area contributed by atoms with Crippen molar-refractivity contribution in [3.8, 4) is 17.2 Å². The number of non-ortho nitro benzene ring substituents is 1. The molecular weight excluding hydrogens is 502 g/mol. The Morgan fingerprint density at radius 2 is 1.74 bits per heavy atom. The fourth-order valence-electron chi connectivity index (χ4n) is 5.47. The molecule has 10 nitrogen and oxygen atoms in total. The van der Waals surface area contributed by atoms with Crippen molar-refractivity contribution in [3.63, 3.8) is 0 Å². The molecule has 0 bridgehead atoms. The molecule has 3 aromatic rings. The van der Waals surface area contributed by atoms with Crippen molar-refractivity contribution in [2.75, 3.05) is 32.2 Å². The summed E-state index contributed by atoms with van der Waals surface area (Å²) in [5, 5.41) is 14.3. The molecule has 0 radical (unpaired) electrons. The molecule has 10 heteroatoms. The number of anilines is 1. The van der Waals surface area contributed by atoms with Crippen molar-refractivity contribution >= 4 is 23.2 Å². The number of nitro groups is 1. The van der Waals surface area contributed by atoms with Gasteiger partial charge in [0.25, 0.3) is 11.6 Å². The first-order chi connectivity index (χ1) is 18.9. The van der Waals surface area contributed by atoms with Crippen LogP contribution in [0.25, 0.3) is 0 Å². The topological polar surface area (TPSA) is 120 Å². The molecule has 2 heterocycles. The van der Waals surface area contributed by atoms with Gasteiger partial charge in [-0.2, -0.15) is 0 Å². The minimum Gasteiger partial charge on any atom is -0.495 e. The lowest BCUT2D eigenvalue weighted by molar-refractivity contribution is -0.384. The standard InChI is InChI=1S/C29H29N3O7/c1-4-38-24-14-17-12-13-31-27(21(17)16-25(24)39-5-2)26(19-8-6-7-9-20(19)29(31)34)28(33)30-22-15-18(32(35)36)10-11-23(22)37-3/h6-11,14-16,26-27H,4-5,12-13H2,1-3H3,(H,30,33)/t26-,27-/m1/s1. The van der Waals surface area contributed by atoms with Crippen LogP contribution in [0.1, 0.15) is 52.9 Å². The number of benzene rings is 3. The quantitative estimate of drug-likeness (QED) is 0.325. The van der Waals surface area contributed by atoms with E-state index in [-0.39, 0.29) is 23.0 Å².